The summed E-state index contributed by atoms with van der Waals surface area (Å²) in [5.74, 6) is -0.846. The van der Waals surface area contributed by atoms with Gasteiger partial charge in [0, 0.05) is 31.7 Å². The van der Waals surface area contributed by atoms with Gasteiger partial charge in [0.05, 0.1) is 22.3 Å². The Morgan fingerprint density at radius 2 is 2.00 bits per heavy atom. The van der Waals surface area contributed by atoms with E-state index in [2.05, 4.69) is 10.1 Å². The molecule has 3 aromatic rings. The van der Waals surface area contributed by atoms with E-state index in [1.807, 2.05) is 0 Å². The Bertz CT molecular complexity index is 1230. The van der Waals surface area contributed by atoms with E-state index in [0.29, 0.717) is 19.4 Å². The zero-order valence-electron chi connectivity index (χ0n) is 17.3. The van der Waals surface area contributed by atoms with Crippen LogP contribution >= 0.6 is 0 Å². The maximum absolute atomic E-state index is 13.7. The van der Waals surface area contributed by atoms with Gasteiger partial charge in [-0.3, -0.25) is 9.59 Å². The van der Waals surface area contributed by atoms with Crippen LogP contribution in [0.2, 0.25) is 0 Å². The molecule has 1 saturated heterocycles. The zero-order chi connectivity index (χ0) is 22.5. The van der Waals surface area contributed by atoms with Crippen LogP contribution in [-0.4, -0.2) is 38.6 Å². The molecular weight excluding hydrogens is 413 g/mol. The summed E-state index contributed by atoms with van der Waals surface area (Å²) in [6.45, 7) is 3.78. The number of pyridine rings is 2. The summed E-state index contributed by atoms with van der Waals surface area (Å²) in [4.78, 5) is 31.2. The SMILES string of the molecule is Cc1noc2nc([C@@H]3CCCN(C(=O)c4ccc(C)n(C)c4=O)C3)cc(C(F)(F)F)c12. The number of carbonyl (C=O) groups excluding carboxylic acids is 1. The summed E-state index contributed by atoms with van der Waals surface area (Å²) in [5.41, 5.74) is -0.331. The van der Waals surface area contributed by atoms with Gasteiger partial charge >= 0.3 is 6.18 Å². The van der Waals surface area contributed by atoms with Gasteiger partial charge in [-0.1, -0.05) is 5.16 Å². The Hall–Kier alpha value is -3.17. The lowest BCUT2D eigenvalue weighted by molar-refractivity contribution is -0.136. The number of halogens is 3. The molecule has 4 heterocycles. The normalized spacial score (nSPS) is 17.4. The molecule has 7 nitrogen and oxygen atoms in total. The first-order chi connectivity index (χ1) is 14.6. The Balaban J connectivity index is 1.68. The average molecular weight is 434 g/mol. The van der Waals surface area contributed by atoms with Gasteiger partial charge < -0.3 is 14.0 Å². The molecule has 3 aromatic heterocycles. The van der Waals surface area contributed by atoms with Gasteiger partial charge in [0.1, 0.15) is 5.56 Å². The number of aromatic nitrogens is 3. The van der Waals surface area contributed by atoms with Crippen LogP contribution in [0.3, 0.4) is 0 Å². The molecule has 10 heteroatoms. The van der Waals surface area contributed by atoms with E-state index < -0.39 is 29.1 Å². The third-order valence-corrected chi connectivity index (χ3v) is 5.85. The highest BCUT2D eigenvalue weighted by Gasteiger charge is 2.37. The standard InChI is InChI=1S/C21H21F3N4O3/c1-11-6-7-14(19(29)27(11)3)20(30)28-8-4-5-13(10-28)16-9-15(21(22,23)24)17-12(2)26-31-18(17)25-16/h6-7,9,13H,4-5,8,10H2,1-3H3/t13-/m1/s1. The lowest BCUT2D eigenvalue weighted by atomic mass is 9.92. The number of amides is 1. The molecule has 1 amide bonds. The summed E-state index contributed by atoms with van der Waals surface area (Å²) in [6, 6.07) is 4.20. The van der Waals surface area contributed by atoms with Gasteiger partial charge in [-0.2, -0.15) is 13.2 Å². The number of alkyl halides is 3. The number of likely N-dealkylation sites (tertiary alicyclic amines) is 1. The fraction of sp³-hybridized carbons (Fsp3) is 0.429. The van der Waals surface area contributed by atoms with Crippen LogP contribution in [0.5, 0.6) is 0 Å². The molecule has 0 radical (unpaired) electrons. The second kappa shape index (κ2) is 7.51. The maximum atomic E-state index is 13.7. The van der Waals surface area contributed by atoms with E-state index in [-0.39, 0.29) is 34.6 Å². The lowest BCUT2D eigenvalue weighted by Gasteiger charge is -2.32. The van der Waals surface area contributed by atoms with E-state index >= 15 is 0 Å². The van der Waals surface area contributed by atoms with E-state index in [1.54, 1.807) is 20.0 Å². The van der Waals surface area contributed by atoms with Crippen LogP contribution in [-0.2, 0) is 13.2 Å². The van der Waals surface area contributed by atoms with E-state index in [0.717, 1.165) is 11.8 Å². The largest absolute Gasteiger partial charge is 0.417 e. The van der Waals surface area contributed by atoms with E-state index in [1.165, 1.54) is 22.5 Å². The Labute approximate surface area is 175 Å². The number of rotatable bonds is 2. The smallest absolute Gasteiger partial charge is 0.338 e. The number of carbonyl (C=O) groups is 1. The molecule has 1 aliphatic heterocycles. The van der Waals surface area contributed by atoms with Crippen molar-refractivity contribution < 1.29 is 22.5 Å². The first-order valence-corrected chi connectivity index (χ1v) is 9.88. The predicted molar refractivity (Wildman–Crippen MR) is 106 cm³/mol. The summed E-state index contributed by atoms with van der Waals surface area (Å²) in [7, 11) is 1.59. The monoisotopic (exact) mass is 434 g/mol. The van der Waals surface area contributed by atoms with Gasteiger partial charge in [-0.15, -0.1) is 0 Å². The molecule has 0 bridgehead atoms. The van der Waals surface area contributed by atoms with Crippen LogP contribution in [0.15, 0.2) is 27.5 Å². The van der Waals surface area contributed by atoms with Crippen molar-refractivity contribution in [2.24, 2.45) is 7.05 Å². The average Bonchev–Trinajstić information content (AvgIpc) is 3.11. The van der Waals surface area contributed by atoms with E-state index in [9.17, 15) is 22.8 Å². The van der Waals surface area contributed by atoms with Crippen molar-refractivity contribution in [1.29, 1.82) is 0 Å². The number of hydrogen-bond acceptors (Lipinski definition) is 5. The molecule has 31 heavy (non-hydrogen) atoms. The van der Waals surface area contributed by atoms with Gasteiger partial charge in [0.2, 0.25) is 0 Å². The molecule has 0 aromatic carbocycles. The minimum Gasteiger partial charge on any atom is -0.338 e. The first-order valence-electron chi connectivity index (χ1n) is 9.88. The molecule has 0 saturated carbocycles. The molecular formula is C21H21F3N4O3. The number of nitrogens with zero attached hydrogens (tertiary/aromatic N) is 4. The van der Waals surface area contributed by atoms with Crippen LogP contribution in [0.1, 0.15) is 51.8 Å². The fourth-order valence-electron chi connectivity index (χ4n) is 4.01. The third-order valence-electron chi connectivity index (χ3n) is 5.85. The number of hydrogen-bond donors (Lipinski definition) is 0. The van der Waals surface area contributed by atoms with Crippen molar-refractivity contribution in [2.45, 2.75) is 38.8 Å². The highest BCUT2D eigenvalue weighted by molar-refractivity contribution is 5.94. The number of piperidine rings is 1. The van der Waals surface area contributed by atoms with Gasteiger partial charge in [0.15, 0.2) is 0 Å². The zero-order valence-corrected chi connectivity index (χ0v) is 17.3. The Morgan fingerprint density at radius 3 is 2.71 bits per heavy atom. The van der Waals surface area contributed by atoms with Gasteiger partial charge in [-0.05, 0) is 44.9 Å². The highest BCUT2D eigenvalue weighted by atomic mass is 19.4. The molecule has 164 valence electrons. The minimum atomic E-state index is -4.59. The van der Waals surface area contributed by atoms with Crippen molar-refractivity contribution >= 4 is 17.0 Å². The molecule has 0 N–H and O–H groups in total. The summed E-state index contributed by atoms with van der Waals surface area (Å²) >= 11 is 0. The maximum Gasteiger partial charge on any atom is 0.417 e. The second-order valence-corrected chi connectivity index (χ2v) is 7.88. The lowest BCUT2D eigenvalue weighted by Crippen LogP contribution is -2.42. The molecule has 0 spiro atoms. The van der Waals surface area contributed by atoms with Crippen LogP contribution in [0, 0.1) is 13.8 Å². The van der Waals surface area contributed by atoms with Crippen molar-refractivity contribution in [1.82, 2.24) is 19.6 Å². The first kappa shape index (κ1) is 21.1. The molecule has 1 aliphatic rings. The van der Waals surface area contributed by atoms with Crippen LogP contribution in [0.4, 0.5) is 13.2 Å². The van der Waals surface area contributed by atoms with Crippen LogP contribution in [0.25, 0.3) is 11.1 Å². The van der Waals surface area contributed by atoms with Crippen molar-refractivity contribution in [3.8, 4) is 0 Å². The topological polar surface area (TPSA) is 81.2 Å². The third kappa shape index (κ3) is 3.70. The summed E-state index contributed by atoms with van der Waals surface area (Å²) < 4.78 is 47.4. The summed E-state index contributed by atoms with van der Waals surface area (Å²) in [6.07, 6.45) is -3.44. The van der Waals surface area contributed by atoms with Crippen molar-refractivity contribution in [3.63, 3.8) is 0 Å². The van der Waals surface area contributed by atoms with Gasteiger partial charge in [-0.25, -0.2) is 4.98 Å². The molecule has 0 aliphatic carbocycles. The molecule has 1 atom stereocenters. The molecule has 0 unspecified atom stereocenters. The fourth-order valence-corrected chi connectivity index (χ4v) is 4.01. The van der Waals surface area contributed by atoms with E-state index in [4.69, 9.17) is 4.52 Å². The van der Waals surface area contributed by atoms with Gasteiger partial charge in [0.25, 0.3) is 17.2 Å². The quantitative estimate of drug-likeness (QED) is 0.616. The predicted octanol–water partition coefficient (Wildman–Crippen LogP) is 3.58. The summed E-state index contributed by atoms with van der Waals surface area (Å²) in [5, 5.41) is 3.48. The molecule has 1 fully saturated rings. The van der Waals surface area contributed by atoms with Crippen molar-refractivity contribution in [2.75, 3.05) is 13.1 Å². The van der Waals surface area contributed by atoms with Crippen LogP contribution < -0.4 is 5.56 Å². The Kier molecular flexibility index (Phi) is 5.10. The number of aryl methyl sites for hydroxylation is 2. The van der Waals surface area contributed by atoms with Crippen molar-refractivity contribution in [3.05, 3.63) is 56.8 Å². The molecule has 4 rings (SSSR count). The number of fused-ring (bicyclic) bond motifs is 1. The minimum absolute atomic E-state index is 0.0407. The second-order valence-electron chi connectivity index (χ2n) is 7.88. The highest BCUT2D eigenvalue weighted by Crippen LogP contribution is 2.38. The Morgan fingerprint density at radius 1 is 1.26 bits per heavy atom.